The highest BCUT2D eigenvalue weighted by atomic mass is 16.6. The third kappa shape index (κ3) is 3.94. The van der Waals surface area contributed by atoms with E-state index in [9.17, 15) is 19.7 Å². The number of benzene rings is 1. The fourth-order valence-electron chi connectivity index (χ4n) is 1.56. The molecule has 0 spiro atoms. The lowest BCUT2D eigenvalue weighted by atomic mass is 10.2. The molecule has 1 aromatic rings. The molecule has 0 saturated heterocycles. The number of nitrogens with zero attached hydrogens (tertiary/aromatic N) is 1. The summed E-state index contributed by atoms with van der Waals surface area (Å²) in [6, 6.07) is 2.33. The van der Waals surface area contributed by atoms with Crippen LogP contribution in [0.1, 0.15) is 18.9 Å². The zero-order chi connectivity index (χ0) is 15.3. The van der Waals surface area contributed by atoms with Crippen molar-refractivity contribution in [3.05, 3.63) is 33.9 Å². The topological polar surface area (TPSA) is 122 Å². The molecule has 0 bridgehead atoms. The number of nitrogens with one attached hydrogen (secondary N) is 2. The van der Waals surface area contributed by atoms with Gasteiger partial charge in [0.2, 0.25) is 0 Å². The van der Waals surface area contributed by atoms with Crippen LogP contribution in [-0.4, -0.2) is 28.1 Å². The van der Waals surface area contributed by atoms with Crippen LogP contribution in [0.15, 0.2) is 18.2 Å². The summed E-state index contributed by atoms with van der Waals surface area (Å²) in [5, 5.41) is 24.2. The zero-order valence-electron chi connectivity index (χ0n) is 11.0. The minimum atomic E-state index is -1.12. The molecule has 8 heteroatoms. The average Bonchev–Trinajstić information content (AvgIpc) is 2.37. The second-order valence-corrected chi connectivity index (χ2v) is 4.15. The molecule has 1 rings (SSSR count). The Morgan fingerprint density at radius 2 is 2.10 bits per heavy atom. The van der Waals surface area contributed by atoms with E-state index in [2.05, 4.69) is 10.6 Å². The van der Waals surface area contributed by atoms with Gasteiger partial charge in [-0.15, -0.1) is 0 Å². The summed E-state index contributed by atoms with van der Waals surface area (Å²) in [6.45, 7) is 3.24. The van der Waals surface area contributed by atoms with Crippen LogP contribution < -0.4 is 10.6 Å². The van der Waals surface area contributed by atoms with Gasteiger partial charge in [0.25, 0.3) is 5.69 Å². The Morgan fingerprint density at radius 3 is 2.55 bits per heavy atom. The van der Waals surface area contributed by atoms with E-state index in [1.807, 2.05) is 0 Å². The summed E-state index contributed by atoms with van der Waals surface area (Å²) >= 11 is 0. The first kappa shape index (κ1) is 15.4. The second kappa shape index (κ2) is 6.50. The van der Waals surface area contributed by atoms with Crippen molar-refractivity contribution in [2.24, 2.45) is 0 Å². The molecule has 0 aliphatic carbocycles. The number of non-ortho nitro benzene ring substituents is 1. The number of aryl methyl sites for hydroxylation is 1. The second-order valence-electron chi connectivity index (χ2n) is 4.15. The van der Waals surface area contributed by atoms with Gasteiger partial charge in [-0.2, -0.15) is 0 Å². The molecule has 2 amide bonds. The first-order valence-electron chi connectivity index (χ1n) is 5.90. The molecular weight excluding hydrogens is 266 g/mol. The lowest BCUT2D eigenvalue weighted by Gasteiger charge is -2.14. The summed E-state index contributed by atoms with van der Waals surface area (Å²) in [5.41, 5.74) is 0.816. The van der Waals surface area contributed by atoms with Gasteiger partial charge in [0.1, 0.15) is 6.04 Å². The van der Waals surface area contributed by atoms with Gasteiger partial charge in [-0.1, -0.05) is 6.92 Å². The number of carbonyl (C=O) groups excluding carboxylic acids is 1. The van der Waals surface area contributed by atoms with Crippen LogP contribution in [0.25, 0.3) is 0 Å². The fraction of sp³-hybridized carbons (Fsp3) is 0.333. The van der Waals surface area contributed by atoms with Crippen molar-refractivity contribution in [3.63, 3.8) is 0 Å². The maximum Gasteiger partial charge on any atom is 0.326 e. The van der Waals surface area contributed by atoms with Gasteiger partial charge in [-0.25, -0.2) is 9.59 Å². The lowest BCUT2D eigenvalue weighted by molar-refractivity contribution is -0.384. The third-order valence-corrected chi connectivity index (χ3v) is 2.68. The van der Waals surface area contributed by atoms with Crippen LogP contribution in [-0.2, 0) is 4.79 Å². The number of hydrogen-bond donors (Lipinski definition) is 3. The summed E-state index contributed by atoms with van der Waals surface area (Å²) < 4.78 is 0. The SMILES string of the molecule is CC[C@@H](NC(=O)Nc1ccc([N+](=O)[O-])cc1C)C(=O)O. The standard InChI is InChI=1S/C12H15N3O5/c1-3-9(11(16)17)13-12(18)14-10-5-4-8(15(19)20)6-7(10)2/h4-6,9H,3H2,1-2H3,(H,16,17)(H2,13,14,18)/t9-/m1/s1. The van der Waals surface area contributed by atoms with E-state index in [4.69, 9.17) is 5.11 Å². The summed E-state index contributed by atoms with van der Waals surface area (Å²) in [6.07, 6.45) is 0.252. The Labute approximate surface area is 114 Å². The predicted octanol–water partition coefficient (Wildman–Crippen LogP) is 1.89. The summed E-state index contributed by atoms with van der Waals surface area (Å²) in [7, 11) is 0. The van der Waals surface area contributed by atoms with Crippen molar-refractivity contribution >= 4 is 23.4 Å². The van der Waals surface area contributed by atoms with Gasteiger partial charge >= 0.3 is 12.0 Å². The molecular formula is C12H15N3O5. The number of rotatable bonds is 5. The zero-order valence-corrected chi connectivity index (χ0v) is 11.0. The van der Waals surface area contributed by atoms with Crippen LogP contribution in [0.4, 0.5) is 16.2 Å². The Bertz CT molecular complexity index is 544. The van der Waals surface area contributed by atoms with E-state index in [1.165, 1.54) is 18.2 Å². The van der Waals surface area contributed by atoms with Gasteiger partial charge < -0.3 is 15.7 Å². The average molecular weight is 281 g/mol. The molecule has 0 radical (unpaired) electrons. The molecule has 108 valence electrons. The van der Waals surface area contributed by atoms with Gasteiger partial charge in [0.05, 0.1) is 4.92 Å². The number of amides is 2. The van der Waals surface area contributed by atoms with E-state index < -0.39 is 23.0 Å². The highest BCUT2D eigenvalue weighted by Gasteiger charge is 2.18. The molecule has 0 fully saturated rings. The molecule has 3 N–H and O–H groups in total. The number of nitro benzene ring substituents is 1. The van der Waals surface area contributed by atoms with Crippen LogP contribution >= 0.6 is 0 Å². The largest absolute Gasteiger partial charge is 0.480 e. The number of carboxylic acid groups (broad SMARTS) is 1. The van der Waals surface area contributed by atoms with Gasteiger partial charge in [-0.05, 0) is 25.0 Å². The first-order valence-corrected chi connectivity index (χ1v) is 5.90. The lowest BCUT2D eigenvalue weighted by Crippen LogP contribution is -2.42. The summed E-state index contributed by atoms with van der Waals surface area (Å²) in [5.74, 6) is -1.12. The monoisotopic (exact) mass is 281 g/mol. The van der Waals surface area contributed by atoms with E-state index in [0.29, 0.717) is 11.3 Å². The maximum atomic E-state index is 11.6. The normalized spacial score (nSPS) is 11.5. The smallest absolute Gasteiger partial charge is 0.326 e. The molecule has 20 heavy (non-hydrogen) atoms. The Balaban J connectivity index is 2.76. The van der Waals surface area contributed by atoms with E-state index in [0.717, 1.165) is 0 Å². The minimum Gasteiger partial charge on any atom is -0.480 e. The van der Waals surface area contributed by atoms with Crippen molar-refractivity contribution in [2.75, 3.05) is 5.32 Å². The first-order chi connectivity index (χ1) is 9.35. The van der Waals surface area contributed by atoms with Crippen LogP contribution in [0, 0.1) is 17.0 Å². The van der Waals surface area contributed by atoms with E-state index in [1.54, 1.807) is 13.8 Å². The predicted molar refractivity (Wildman–Crippen MR) is 71.7 cm³/mol. The van der Waals surface area contributed by atoms with Gasteiger partial charge in [0, 0.05) is 17.8 Å². The molecule has 0 aliphatic heterocycles. The van der Waals surface area contributed by atoms with Crippen molar-refractivity contribution < 1.29 is 19.6 Å². The van der Waals surface area contributed by atoms with Crippen LogP contribution in [0.3, 0.4) is 0 Å². The Morgan fingerprint density at radius 1 is 1.45 bits per heavy atom. The molecule has 1 aromatic carbocycles. The van der Waals surface area contributed by atoms with Crippen molar-refractivity contribution in [1.82, 2.24) is 5.32 Å². The third-order valence-electron chi connectivity index (χ3n) is 2.68. The Kier molecular flexibility index (Phi) is 5.01. The Hall–Kier alpha value is -2.64. The number of hydrogen-bond acceptors (Lipinski definition) is 4. The number of nitro groups is 1. The molecule has 1 atom stereocenters. The van der Waals surface area contributed by atoms with Gasteiger partial charge in [-0.3, -0.25) is 10.1 Å². The number of anilines is 1. The van der Waals surface area contributed by atoms with Crippen molar-refractivity contribution in [2.45, 2.75) is 26.3 Å². The minimum absolute atomic E-state index is 0.0783. The summed E-state index contributed by atoms with van der Waals surface area (Å²) in [4.78, 5) is 32.5. The van der Waals surface area contributed by atoms with Gasteiger partial charge in [0.15, 0.2) is 0 Å². The van der Waals surface area contributed by atoms with E-state index >= 15 is 0 Å². The highest BCUT2D eigenvalue weighted by Crippen LogP contribution is 2.20. The number of carboxylic acids is 1. The molecule has 0 heterocycles. The molecule has 0 aliphatic rings. The van der Waals surface area contributed by atoms with Crippen LogP contribution in [0.2, 0.25) is 0 Å². The van der Waals surface area contributed by atoms with E-state index in [-0.39, 0.29) is 12.1 Å². The maximum absolute atomic E-state index is 11.6. The molecule has 0 unspecified atom stereocenters. The van der Waals surface area contributed by atoms with Crippen molar-refractivity contribution in [3.8, 4) is 0 Å². The van der Waals surface area contributed by atoms with Crippen molar-refractivity contribution in [1.29, 1.82) is 0 Å². The number of urea groups is 1. The molecule has 8 nitrogen and oxygen atoms in total. The molecule has 0 saturated carbocycles. The highest BCUT2D eigenvalue weighted by molar-refractivity contribution is 5.93. The number of carbonyl (C=O) groups is 2. The fourth-order valence-corrected chi connectivity index (χ4v) is 1.56. The molecule has 0 aromatic heterocycles. The van der Waals surface area contributed by atoms with Crippen LogP contribution in [0.5, 0.6) is 0 Å². The number of aliphatic carboxylic acids is 1. The quantitative estimate of drug-likeness (QED) is 0.562.